The van der Waals surface area contributed by atoms with Gasteiger partial charge in [-0.15, -0.1) is 0 Å². The third kappa shape index (κ3) is 3.60. The fourth-order valence-corrected chi connectivity index (χ4v) is 2.43. The van der Waals surface area contributed by atoms with Crippen molar-refractivity contribution in [1.29, 1.82) is 0 Å². The molecular formula is C19H19NO3. The van der Waals surface area contributed by atoms with Crippen LogP contribution in [0.25, 0.3) is 21.9 Å². The molecule has 0 aliphatic rings. The molecule has 0 spiro atoms. The second-order valence-electron chi connectivity index (χ2n) is 5.18. The van der Waals surface area contributed by atoms with Crippen LogP contribution in [0.15, 0.2) is 54.9 Å². The van der Waals surface area contributed by atoms with E-state index in [1.54, 1.807) is 20.4 Å². The van der Waals surface area contributed by atoms with Crippen molar-refractivity contribution < 1.29 is 14.2 Å². The number of hydrogen-bond acceptors (Lipinski definition) is 4. The lowest BCUT2D eigenvalue weighted by molar-refractivity contribution is 0.146. The van der Waals surface area contributed by atoms with Gasteiger partial charge in [0.05, 0.1) is 19.9 Å². The molecule has 1 heterocycles. The molecule has 23 heavy (non-hydrogen) atoms. The maximum absolute atomic E-state index is 5.62. The molecule has 0 bridgehead atoms. The van der Waals surface area contributed by atoms with E-state index in [9.17, 15) is 0 Å². The normalized spacial score (nSPS) is 10.7. The Balaban J connectivity index is 1.89. The van der Waals surface area contributed by atoms with Gasteiger partial charge in [0.25, 0.3) is 0 Å². The van der Waals surface area contributed by atoms with Crippen LogP contribution in [0, 0.1) is 0 Å². The Morgan fingerprint density at radius 1 is 0.783 bits per heavy atom. The summed E-state index contributed by atoms with van der Waals surface area (Å²) in [5, 5.41) is 2.31. The van der Waals surface area contributed by atoms with E-state index in [0.29, 0.717) is 13.2 Å². The molecule has 4 heteroatoms. The van der Waals surface area contributed by atoms with Crippen LogP contribution in [-0.2, 0) is 4.74 Å². The van der Waals surface area contributed by atoms with Crippen LogP contribution in [0.3, 0.4) is 0 Å². The van der Waals surface area contributed by atoms with Gasteiger partial charge in [0.1, 0.15) is 18.1 Å². The molecule has 0 fully saturated rings. The summed E-state index contributed by atoms with van der Waals surface area (Å²) >= 11 is 0. The lowest BCUT2D eigenvalue weighted by Gasteiger charge is -2.08. The van der Waals surface area contributed by atoms with Gasteiger partial charge in [-0.05, 0) is 40.6 Å². The average Bonchev–Trinajstić information content (AvgIpc) is 2.61. The lowest BCUT2D eigenvalue weighted by atomic mass is 10.0. The SMILES string of the molecule is COCCOc1cncc(-c2ccc3cc(OC)ccc3c2)c1. The molecule has 0 atom stereocenters. The first kappa shape index (κ1) is 15.3. The van der Waals surface area contributed by atoms with Crippen LogP contribution in [0.2, 0.25) is 0 Å². The maximum Gasteiger partial charge on any atom is 0.138 e. The molecule has 0 aliphatic carbocycles. The smallest absolute Gasteiger partial charge is 0.138 e. The zero-order valence-corrected chi connectivity index (χ0v) is 13.3. The quantitative estimate of drug-likeness (QED) is 0.647. The van der Waals surface area contributed by atoms with Gasteiger partial charge in [0.2, 0.25) is 0 Å². The highest BCUT2D eigenvalue weighted by Gasteiger charge is 2.04. The fraction of sp³-hybridized carbons (Fsp3) is 0.211. The van der Waals surface area contributed by atoms with Gasteiger partial charge in [-0.25, -0.2) is 0 Å². The number of nitrogens with zero attached hydrogens (tertiary/aromatic N) is 1. The van der Waals surface area contributed by atoms with Crippen molar-refractivity contribution in [2.45, 2.75) is 0 Å². The third-order valence-corrected chi connectivity index (χ3v) is 3.65. The zero-order valence-electron chi connectivity index (χ0n) is 13.3. The first-order chi connectivity index (χ1) is 11.3. The largest absolute Gasteiger partial charge is 0.497 e. The summed E-state index contributed by atoms with van der Waals surface area (Å²) in [7, 11) is 3.33. The molecule has 0 saturated heterocycles. The van der Waals surface area contributed by atoms with Crippen molar-refractivity contribution in [3.63, 3.8) is 0 Å². The minimum atomic E-state index is 0.513. The van der Waals surface area contributed by atoms with Crippen LogP contribution in [0.5, 0.6) is 11.5 Å². The molecule has 0 amide bonds. The van der Waals surface area contributed by atoms with E-state index in [1.807, 2.05) is 24.4 Å². The topological polar surface area (TPSA) is 40.6 Å². The summed E-state index contributed by atoms with van der Waals surface area (Å²) in [5.41, 5.74) is 2.13. The van der Waals surface area contributed by atoms with E-state index in [-0.39, 0.29) is 0 Å². The number of benzene rings is 2. The second kappa shape index (κ2) is 7.11. The molecule has 0 aliphatic heterocycles. The summed E-state index contributed by atoms with van der Waals surface area (Å²) < 4.78 is 15.9. The van der Waals surface area contributed by atoms with E-state index in [4.69, 9.17) is 14.2 Å². The first-order valence-electron chi connectivity index (χ1n) is 7.45. The molecular weight excluding hydrogens is 290 g/mol. The molecule has 4 nitrogen and oxygen atoms in total. The molecule has 0 radical (unpaired) electrons. The Morgan fingerprint density at radius 2 is 1.61 bits per heavy atom. The number of aromatic nitrogens is 1. The molecule has 3 rings (SSSR count). The van der Waals surface area contributed by atoms with Crippen molar-refractivity contribution in [2.75, 3.05) is 27.4 Å². The molecule has 0 unspecified atom stereocenters. The monoisotopic (exact) mass is 309 g/mol. The maximum atomic E-state index is 5.62. The van der Waals surface area contributed by atoms with Crippen molar-refractivity contribution in [2.24, 2.45) is 0 Å². The van der Waals surface area contributed by atoms with Crippen molar-refractivity contribution in [1.82, 2.24) is 4.98 Å². The minimum absolute atomic E-state index is 0.513. The molecule has 3 aromatic rings. The van der Waals surface area contributed by atoms with Gasteiger partial charge in [-0.1, -0.05) is 18.2 Å². The van der Waals surface area contributed by atoms with E-state index < -0.39 is 0 Å². The summed E-state index contributed by atoms with van der Waals surface area (Å²) in [4.78, 5) is 4.26. The van der Waals surface area contributed by atoms with Crippen LogP contribution >= 0.6 is 0 Å². The predicted octanol–water partition coefficient (Wildman–Crippen LogP) is 3.94. The van der Waals surface area contributed by atoms with Gasteiger partial charge in [0.15, 0.2) is 0 Å². The highest BCUT2D eigenvalue weighted by atomic mass is 16.5. The van der Waals surface area contributed by atoms with Gasteiger partial charge in [-0.3, -0.25) is 4.98 Å². The highest BCUT2D eigenvalue weighted by molar-refractivity contribution is 5.88. The fourth-order valence-electron chi connectivity index (χ4n) is 2.43. The number of fused-ring (bicyclic) bond motifs is 1. The van der Waals surface area contributed by atoms with Crippen LogP contribution < -0.4 is 9.47 Å². The van der Waals surface area contributed by atoms with E-state index >= 15 is 0 Å². The molecule has 118 valence electrons. The lowest BCUT2D eigenvalue weighted by Crippen LogP contribution is -2.04. The van der Waals surface area contributed by atoms with Gasteiger partial charge >= 0.3 is 0 Å². The average molecular weight is 309 g/mol. The number of pyridine rings is 1. The first-order valence-corrected chi connectivity index (χ1v) is 7.45. The third-order valence-electron chi connectivity index (χ3n) is 3.65. The van der Waals surface area contributed by atoms with Crippen molar-refractivity contribution >= 4 is 10.8 Å². The second-order valence-corrected chi connectivity index (χ2v) is 5.18. The Hall–Kier alpha value is -2.59. The van der Waals surface area contributed by atoms with Crippen molar-refractivity contribution in [3.8, 4) is 22.6 Å². The highest BCUT2D eigenvalue weighted by Crippen LogP contribution is 2.28. The summed E-state index contributed by atoms with van der Waals surface area (Å²) in [6, 6.07) is 14.4. The molecule has 0 saturated carbocycles. The molecule has 1 aromatic heterocycles. The van der Waals surface area contributed by atoms with Crippen LogP contribution in [-0.4, -0.2) is 32.4 Å². The Kier molecular flexibility index (Phi) is 4.74. The number of hydrogen-bond donors (Lipinski definition) is 0. The summed E-state index contributed by atoms with van der Waals surface area (Å²) in [5.74, 6) is 1.61. The van der Waals surface area contributed by atoms with Crippen molar-refractivity contribution in [3.05, 3.63) is 54.9 Å². The standard InChI is InChI=1S/C19H19NO3/c1-21-7-8-23-19-11-17(12-20-13-19)15-3-4-16-10-18(22-2)6-5-14(16)9-15/h3-6,9-13H,7-8H2,1-2H3. The van der Waals surface area contributed by atoms with E-state index in [1.165, 1.54) is 0 Å². The van der Waals surface area contributed by atoms with E-state index in [0.717, 1.165) is 33.4 Å². The van der Waals surface area contributed by atoms with Crippen LogP contribution in [0.1, 0.15) is 0 Å². The Morgan fingerprint density at radius 3 is 2.43 bits per heavy atom. The Bertz CT molecular complexity index is 801. The molecule has 2 aromatic carbocycles. The zero-order chi connectivity index (χ0) is 16.1. The Labute approximate surface area is 135 Å². The number of rotatable bonds is 6. The predicted molar refractivity (Wildman–Crippen MR) is 91.1 cm³/mol. The van der Waals surface area contributed by atoms with E-state index in [2.05, 4.69) is 29.2 Å². The van der Waals surface area contributed by atoms with Gasteiger partial charge in [0, 0.05) is 18.9 Å². The minimum Gasteiger partial charge on any atom is -0.497 e. The number of ether oxygens (including phenoxy) is 3. The summed E-state index contributed by atoms with van der Waals surface area (Å²) in [6.45, 7) is 1.07. The van der Waals surface area contributed by atoms with Gasteiger partial charge in [-0.2, -0.15) is 0 Å². The molecule has 0 N–H and O–H groups in total. The van der Waals surface area contributed by atoms with Gasteiger partial charge < -0.3 is 14.2 Å². The summed E-state index contributed by atoms with van der Waals surface area (Å²) in [6.07, 6.45) is 3.55. The van der Waals surface area contributed by atoms with Crippen LogP contribution in [0.4, 0.5) is 0 Å². The number of methoxy groups -OCH3 is 2.